The molecule has 92 valence electrons. The fourth-order valence-corrected chi connectivity index (χ4v) is 2.20. The Kier molecular flexibility index (Phi) is 3.57. The number of hydrogen-bond acceptors (Lipinski definition) is 2. The molecular formula is C14H17FO2. The quantitative estimate of drug-likeness (QED) is 0.806. The summed E-state index contributed by atoms with van der Waals surface area (Å²) >= 11 is 0. The Morgan fingerprint density at radius 2 is 2.29 bits per heavy atom. The van der Waals surface area contributed by atoms with Crippen LogP contribution in [0.25, 0.3) is 0 Å². The van der Waals surface area contributed by atoms with Gasteiger partial charge in [-0.15, -0.1) is 0 Å². The van der Waals surface area contributed by atoms with Gasteiger partial charge in [-0.2, -0.15) is 0 Å². The van der Waals surface area contributed by atoms with E-state index in [1.54, 1.807) is 6.07 Å². The molecule has 1 aromatic carbocycles. The van der Waals surface area contributed by atoms with Crippen LogP contribution in [-0.4, -0.2) is 18.5 Å². The lowest BCUT2D eigenvalue weighted by atomic mass is 9.94. The molecule has 0 N–H and O–H groups in total. The fourth-order valence-electron chi connectivity index (χ4n) is 2.20. The summed E-state index contributed by atoms with van der Waals surface area (Å²) in [4.78, 5) is 12.0. The molecule has 0 radical (unpaired) electrons. The average molecular weight is 236 g/mol. The Hall–Kier alpha value is -1.22. The minimum atomic E-state index is -0.283. The zero-order chi connectivity index (χ0) is 12.4. The van der Waals surface area contributed by atoms with Gasteiger partial charge >= 0.3 is 0 Å². The Labute approximate surface area is 101 Å². The second kappa shape index (κ2) is 4.96. The number of aryl methyl sites for hydroxylation is 1. The minimum Gasteiger partial charge on any atom is -0.378 e. The standard InChI is InChI=1S/C14H17FO2/c1-9-3-4-13(15)6-11(9)7-14(16)12-5-10(2)17-8-12/h3-4,6,10,12H,5,7-8H2,1-2H3. The van der Waals surface area contributed by atoms with Crippen LogP contribution in [0.15, 0.2) is 18.2 Å². The Morgan fingerprint density at radius 1 is 1.53 bits per heavy atom. The largest absolute Gasteiger partial charge is 0.378 e. The summed E-state index contributed by atoms with van der Waals surface area (Å²) in [6.45, 7) is 4.38. The van der Waals surface area contributed by atoms with E-state index in [-0.39, 0.29) is 23.6 Å². The third kappa shape index (κ3) is 2.91. The molecule has 0 amide bonds. The first-order valence-electron chi connectivity index (χ1n) is 5.95. The first-order chi connectivity index (χ1) is 8.06. The fraction of sp³-hybridized carbons (Fsp3) is 0.500. The molecule has 2 rings (SSSR count). The molecular weight excluding hydrogens is 219 g/mol. The molecule has 0 bridgehead atoms. The lowest BCUT2D eigenvalue weighted by Gasteiger charge is -2.09. The third-order valence-electron chi connectivity index (χ3n) is 3.33. The zero-order valence-corrected chi connectivity index (χ0v) is 10.2. The predicted octanol–water partition coefficient (Wildman–Crippen LogP) is 2.67. The van der Waals surface area contributed by atoms with Crippen LogP contribution >= 0.6 is 0 Å². The summed E-state index contributed by atoms with van der Waals surface area (Å²) in [6.07, 6.45) is 1.26. The molecule has 2 atom stereocenters. The molecule has 1 fully saturated rings. The van der Waals surface area contributed by atoms with Gasteiger partial charge in [0.15, 0.2) is 0 Å². The van der Waals surface area contributed by atoms with Crippen LogP contribution in [0, 0.1) is 18.7 Å². The highest BCUT2D eigenvalue weighted by Crippen LogP contribution is 2.22. The highest BCUT2D eigenvalue weighted by atomic mass is 19.1. The smallest absolute Gasteiger partial charge is 0.142 e. The lowest BCUT2D eigenvalue weighted by Crippen LogP contribution is -2.17. The van der Waals surface area contributed by atoms with Crippen molar-refractivity contribution in [3.8, 4) is 0 Å². The van der Waals surface area contributed by atoms with Crippen LogP contribution in [0.3, 0.4) is 0 Å². The molecule has 1 saturated heterocycles. The van der Waals surface area contributed by atoms with Crippen LogP contribution in [0.2, 0.25) is 0 Å². The molecule has 0 aromatic heterocycles. The number of Topliss-reactive ketones (excluding diaryl/α,β-unsaturated/α-hetero) is 1. The van der Waals surface area contributed by atoms with Crippen LogP contribution in [0.5, 0.6) is 0 Å². The molecule has 1 aliphatic heterocycles. The normalized spacial score (nSPS) is 23.9. The van der Waals surface area contributed by atoms with Gasteiger partial charge in [0.1, 0.15) is 11.6 Å². The Bertz CT molecular complexity index is 428. The maximum atomic E-state index is 13.1. The van der Waals surface area contributed by atoms with E-state index in [2.05, 4.69) is 0 Å². The maximum absolute atomic E-state index is 13.1. The van der Waals surface area contributed by atoms with Crippen LogP contribution in [0.4, 0.5) is 4.39 Å². The van der Waals surface area contributed by atoms with E-state index in [0.29, 0.717) is 13.0 Å². The van der Waals surface area contributed by atoms with Crippen molar-refractivity contribution < 1.29 is 13.9 Å². The predicted molar refractivity (Wildman–Crippen MR) is 63.4 cm³/mol. The first kappa shape index (κ1) is 12.2. The van der Waals surface area contributed by atoms with Crippen molar-refractivity contribution in [3.05, 3.63) is 35.1 Å². The van der Waals surface area contributed by atoms with Crippen molar-refractivity contribution in [2.24, 2.45) is 5.92 Å². The molecule has 0 saturated carbocycles. The maximum Gasteiger partial charge on any atom is 0.142 e. The Balaban J connectivity index is 2.05. The van der Waals surface area contributed by atoms with Crippen molar-refractivity contribution in [1.29, 1.82) is 0 Å². The van der Waals surface area contributed by atoms with Crippen molar-refractivity contribution in [2.75, 3.05) is 6.61 Å². The number of carbonyl (C=O) groups excluding carboxylic acids is 1. The SMILES string of the molecule is Cc1ccc(F)cc1CC(=O)C1COC(C)C1. The summed E-state index contributed by atoms with van der Waals surface area (Å²) in [5, 5.41) is 0. The van der Waals surface area contributed by atoms with Crippen molar-refractivity contribution >= 4 is 5.78 Å². The van der Waals surface area contributed by atoms with E-state index < -0.39 is 0 Å². The Morgan fingerprint density at radius 3 is 2.94 bits per heavy atom. The van der Waals surface area contributed by atoms with Gasteiger partial charge < -0.3 is 4.74 Å². The second-order valence-electron chi connectivity index (χ2n) is 4.79. The highest BCUT2D eigenvalue weighted by molar-refractivity contribution is 5.84. The molecule has 1 heterocycles. The molecule has 17 heavy (non-hydrogen) atoms. The molecule has 0 spiro atoms. The summed E-state index contributed by atoms with van der Waals surface area (Å²) in [5.74, 6) is -0.148. The van der Waals surface area contributed by atoms with Gasteiger partial charge in [0.25, 0.3) is 0 Å². The van der Waals surface area contributed by atoms with Gasteiger partial charge in [-0.25, -0.2) is 4.39 Å². The summed E-state index contributed by atoms with van der Waals surface area (Å²) in [6, 6.07) is 4.59. The number of hydrogen-bond donors (Lipinski definition) is 0. The van der Waals surface area contributed by atoms with Crippen LogP contribution < -0.4 is 0 Å². The molecule has 1 aliphatic rings. The van der Waals surface area contributed by atoms with E-state index >= 15 is 0 Å². The van der Waals surface area contributed by atoms with Gasteiger partial charge in [-0.3, -0.25) is 4.79 Å². The van der Waals surface area contributed by atoms with E-state index in [9.17, 15) is 9.18 Å². The monoisotopic (exact) mass is 236 g/mol. The van der Waals surface area contributed by atoms with E-state index in [4.69, 9.17) is 4.74 Å². The van der Waals surface area contributed by atoms with Gasteiger partial charge in [-0.05, 0) is 43.5 Å². The summed E-state index contributed by atoms with van der Waals surface area (Å²) < 4.78 is 18.5. The van der Waals surface area contributed by atoms with Crippen LogP contribution in [-0.2, 0) is 16.0 Å². The number of halogens is 1. The molecule has 2 unspecified atom stereocenters. The number of ether oxygens (including phenoxy) is 1. The molecule has 3 heteroatoms. The van der Waals surface area contributed by atoms with Crippen molar-refractivity contribution in [3.63, 3.8) is 0 Å². The van der Waals surface area contributed by atoms with Crippen LogP contribution in [0.1, 0.15) is 24.5 Å². The van der Waals surface area contributed by atoms with E-state index in [1.165, 1.54) is 12.1 Å². The van der Waals surface area contributed by atoms with E-state index in [1.807, 2.05) is 13.8 Å². The summed E-state index contributed by atoms with van der Waals surface area (Å²) in [7, 11) is 0. The molecule has 1 aromatic rings. The number of carbonyl (C=O) groups is 1. The van der Waals surface area contributed by atoms with Crippen molar-refractivity contribution in [1.82, 2.24) is 0 Å². The van der Waals surface area contributed by atoms with Gasteiger partial charge in [0, 0.05) is 12.3 Å². The van der Waals surface area contributed by atoms with Gasteiger partial charge in [-0.1, -0.05) is 6.07 Å². The third-order valence-corrected chi connectivity index (χ3v) is 3.33. The second-order valence-corrected chi connectivity index (χ2v) is 4.79. The zero-order valence-electron chi connectivity index (χ0n) is 10.2. The lowest BCUT2D eigenvalue weighted by molar-refractivity contribution is -0.122. The number of benzene rings is 1. The van der Waals surface area contributed by atoms with E-state index in [0.717, 1.165) is 17.5 Å². The minimum absolute atomic E-state index is 0.0207. The first-order valence-corrected chi connectivity index (χ1v) is 5.95. The average Bonchev–Trinajstić information content (AvgIpc) is 2.70. The summed E-state index contributed by atoms with van der Waals surface area (Å²) in [5.41, 5.74) is 1.75. The topological polar surface area (TPSA) is 26.3 Å². The van der Waals surface area contributed by atoms with Gasteiger partial charge in [0.2, 0.25) is 0 Å². The number of ketones is 1. The highest BCUT2D eigenvalue weighted by Gasteiger charge is 2.28. The van der Waals surface area contributed by atoms with Gasteiger partial charge in [0.05, 0.1) is 12.7 Å². The molecule has 2 nitrogen and oxygen atoms in total. The van der Waals surface area contributed by atoms with Crippen molar-refractivity contribution in [2.45, 2.75) is 32.8 Å². The molecule has 0 aliphatic carbocycles. The number of rotatable bonds is 3.